The molecule has 20 heavy (non-hydrogen) atoms. The molecule has 0 saturated carbocycles. The Balaban J connectivity index is 2.16. The van der Waals surface area contributed by atoms with Crippen molar-refractivity contribution in [1.29, 1.82) is 0 Å². The summed E-state index contributed by atoms with van der Waals surface area (Å²) in [5, 5.41) is 0. The first-order valence-electron chi connectivity index (χ1n) is 6.79. The van der Waals surface area contributed by atoms with E-state index in [0.29, 0.717) is 25.3 Å². The zero-order valence-corrected chi connectivity index (χ0v) is 12.5. The predicted molar refractivity (Wildman–Crippen MR) is 75.7 cm³/mol. The molecule has 0 radical (unpaired) electrons. The summed E-state index contributed by atoms with van der Waals surface area (Å²) in [5.41, 5.74) is 1.24. The molecule has 1 amide bonds. The first-order chi connectivity index (χ1) is 9.41. The molecular formula is C15H22N2O3. The molecule has 0 aliphatic carbocycles. The summed E-state index contributed by atoms with van der Waals surface area (Å²) >= 11 is 0. The minimum absolute atomic E-state index is 0.00122. The Kier molecular flexibility index (Phi) is 4.40. The lowest BCUT2D eigenvalue weighted by Gasteiger charge is -2.42. The van der Waals surface area contributed by atoms with Gasteiger partial charge in [0.2, 0.25) is 0 Å². The lowest BCUT2D eigenvalue weighted by Crippen LogP contribution is -2.55. The minimum atomic E-state index is -0.367. The largest absolute Gasteiger partial charge is 0.382 e. The van der Waals surface area contributed by atoms with E-state index in [-0.39, 0.29) is 17.6 Å². The van der Waals surface area contributed by atoms with Crippen LogP contribution in [-0.2, 0) is 9.47 Å². The quantitative estimate of drug-likeness (QED) is 0.843. The maximum absolute atomic E-state index is 12.6. The fourth-order valence-electron chi connectivity index (χ4n) is 2.58. The fourth-order valence-corrected chi connectivity index (χ4v) is 2.58. The van der Waals surface area contributed by atoms with Gasteiger partial charge in [-0.25, -0.2) is 0 Å². The summed E-state index contributed by atoms with van der Waals surface area (Å²) in [6.07, 6.45) is 3.27. The summed E-state index contributed by atoms with van der Waals surface area (Å²) in [6, 6.07) is 1.86. The molecule has 0 aromatic carbocycles. The number of amides is 1. The number of carbonyl (C=O) groups is 1. The van der Waals surface area contributed by atoms with Crippen LogP contribution in [0.3, 0.4) is 0 Å². The fraction of sp³-hybridized carbons (Fsp3) is 0.600. The molecule has 0 N–H and O–H groups in total. The van der Waals surface area contributed by atoms with Crippen molar-refractivity contribution in [1.82, 2.24) is 9.88 Å². The van der Waals surface area contributed by atoms with Crippen molar-refractivity contribution in [2.75, 3.05) is 26.8 Å². The van der Waals surface area contributed by atoms with Crippen molar-refractivity contribution in [3.05, 3.63) is 29.6 Å². The molecule has 1 aliphatic rings. The van der Waals surface area contributed by atoms with Gasteiger partial charge in [0.15, 0.2) is 0 Å². The van der Waals surface area contributed by atoms with Crippen LogP contribution in [0.25, 0.3) is 0 Å². The number of pyridine rings is 1. The summed E-state index contributed by atoms with van der Waals surface area (Å²) < 4.78 is 11.1. The van der Waals surface area contributed by atoms with Crippen molar-refractivity contribution in [2.24, 2.45) is 0 Å². The third-order valence-corrected chi connectivity index (χ3v) is 3.24. The third-order valence-electron chi connectivity index (χ3n) is 3.24. The molecule has 0 bridgehead atoms. The van der Waals surface area contributed by atoms with Crippen LogP contribution in [0.15, 0.2) is 18.5 Å². The van der Waals surface area contributed by atoms with Gasteiger partial charge >= 0.3 is 0 Å². The van der Waals surface area contributed by atoms with Gasteiger partial charge in [0.05, 0.1) is 23.9 Å². The topological polar surface area (TPSA) is 51.7 Å². The number of hydrogen-bond acceptors (Lipinski definition) is 4. The molecule has 5 heteroatoms. The predicted octanol–water partition coefficient (Wildman–Crippen LogP) is 1.66. The molecular weight excluding hydrogens is 256 g/mol. The van der Waals surface area contributed by atoms with Crippen LogP contribution < -0.4 is 0 Å². The van der Waals surface area contributed by atoms with Gasteiger partial charge in [0.25, 0.3) is 5.91 Å². The molecule has 5 nitrogen and oxygen atoms in total. The number of aromatic nitrogens is 1. The molecule has 1 unspecified atom stereocenters. The van der Waals surface area contributed by atoms with Gasteiger partial charge in [-0.1, -0.05) is 0 Å². The number of morpholine rings is 1. The Hall–Kier alpha value is -1.46. The van der Waals surface area contributed by atoms with Gasteiger partial charge in [-0.15, -0.1) is 0 Å². The number of rotatable bonds is 3. The summed E-state index contributed by atoms with van der Waals surface area (Å²) in [5.74, 6) is -0.00122. The average Bonchev–Trinajstić information content (AvgIpc) is 2.36. The summed E-state index contributed by atoms with van der Waals surface area (Å²) in [6.45, 7) is 7.51. The Morgan fingerprint density at radius 3 is 2.95 bits per heavy atom. The maximum atomic E-state index is 12.6. The van der Waals surface area contributed by atoms with E-state index in [0.717, 1.165) is 5.56 Å². The van der Waals surface area contributed by atoms with Crippen molar-refractivity contribution in [3.8, 4) is 0 Å². The van der Waals surface area contributed by atoms with Crippen LogP contribution in [0.4, 0.5) is 0 Å². The van der Waals surface area contributed by atoms with Gasteiger partial charge < -0.3 is 14.4 Å². The highest BCUT2D eigenvalue weighted by Crippen LogP contribution is 2.22. The minimum Gasteiger partial charge on any atom is -0.382 e. The zero-order valence-electron chi connectivity index (χ0n) is 12.5. The molecule has 1 aromatic rings. The molecule has 1 fully saturated rings. The average molecular weight is 278 g/mol. The number of ether oxygens (including phenoxy) is 2. The molecule has 110 valence electrons. The van der Waals surface area contributed by atoms with Gasteiger partial charge in [0, 0.05) is 32.6 Å². The second-order valence-electron chi connectivity index (χ2n) is 5.89. The first-order valence-corrected chi connectivity index (χ1v) is 6.79. The number of carbonyl (C=O) groups excluding carboxylic acids is 1. The zero-order chi connectivity index (χ0) is 14.8. The number of aryl methyl sites for hydroxylation is 1. The highest BCUT2D eigenvalue weighted by atomic mass is 16.5. The van der Waals surface area contributed by atoms with Gasteiger partial charge in [-0.3, -0.25) is 9.78 Å². The maximum Gasteiger partial charge on any atom is 0.255 e. The SMILES string of the molecule is COCC1CN(C(=O)c2cncc(C)c2)CC(C)(C)O1. The Morgan fingerprint density at radius 1 is 1.55 bits per heavy atom. The molecule has 1 aliphatic heterocycles. The van der Waals surface area contributed by atoms with Crippen molar-refractivity contribution < 1.29 is 14.3 Å². The van der Waals surface area contributed by atoms with E-state index in [1.165, 1.54) is 0 Å². The van der Waals surface area contributed by atoms with E-state index in [4.69, 9.17) is 9.47 Å². The van der Waals surface area contributed by atoms with Crippen molar-refractivity contribution >= 4 is 5.91 Å². The van der Waals surface area contributed by atoms with Crippen LogP contribution in [0, 0.1) is 6.92 Å². The van der Waals surface area contributed by atoms with Gasteiger partial charge in [-0.2, -0.15) is 0 Å². The van der Waals surface area contributed by atoms with Crippen molar-refractivity contribution in [2.45, 2.75) is 32.5 Å². The van der Waals surface area contributed by atoms with Crippen LogP contribution in [0.2, 0.25) is 0 Å². The van der Waals surface area contributed by atoms with E-state index in [2.05, 4.69) is 4.98 Å². The third kappa shape index (κ3) is 3.55. The van der Waals surface area contributed by atoms with Crippen LogP contribution in [0.5, 0.6) is 0 Å². The van der Waals surface area contributed by atoms with Crippen LogP contribution in [-0.4, -0.2) is 54.3 Å². The second kappa shape index (κ2) is 5.89. The van der Waals surface area contributed by atoms with E-state index in [1.54, 1.807) is 19.5 Å². The Morgan fingerprint density at radius 2 is 2.30 bits per heavy atom. The van der Waals surface area contributed by atoms with Crippen LogP contribution in [0.1, 0.15) is 29.8 Å². The monoisotopic (exact) mass is 278 g/mol. The first kappa shape index (κ1) is 14.9. The molecule has 1 aromatic heterocycles. The molecule has 0 spiro atoms. The van der Waals surface area contributed by atoms with Crippen LogP contribution >= 0.6 is 0 Å². The molecule has 1 atom stereocenters. The van der Waals surface area contributed by atoms with E-state index >= 15 is 0 Å². The van der Waals surface area contributed by atoms with E-state index in [1.807, 2.05) is 31.7 Å². The van der Waals surface area contributed by atoms with E-state index in [9.17, 15) is 4.79 Å². The van der Waals surface area contributed by atoms with Gasteiger partial charge in [-0.05, 0) is 32.4 Å². The summed E-state index contributed by atoms with van der Waals surface area (Å²) in [4.78, 5) is 18.5. The molecule has 1 saturated heterocycles. The second-order valence-corrected chi connectivity index (χ2v) is 5.89. The Bertz CT molecular complexity index is 488. The normalized spacial score (nSPS) is 21.8. The highest BCUT2D eigenvalue weighted by molar-refractivity contribution is 5.94. The lowest BCUT2D eigenvalue weighted by molar-refractivity contribution is -0.143. The summed E-state index contributed by atoms with van der Waals surface area (Å²) in [7, 11) is 1.64. The molecule has 2 rings (SSSR count). The number of methoxy groups -OCH3 is 1. The highest BCUT2D eigenvalue weighted by Gasteiger charge is 2.35. The molecule has 2 heterocycles. The van der Waals surface area contributed by atoms with E-state index < -0.39 is 0 Å². The standard InChI is InChI=1S/C15H22N2O3/c1-11-5-12(7-16-6-11)14(18)17-8-13(9-19-4)20-15(2,3)10-17/h5-7,13H,8-10H2,1-4H3. The lowest BCUT2D eigenvalue weighted by atomic mass is 10.0. The van der Waals surface area contributed by atoms with Gasteiger partial charge in [0.1, 0.15) is 0 Å². The number of nitrogens with zero attached hydrogens (tertiary/aromatic N) is 2. The Labute approximate surface area is 119 Å². The smallest absolute Gasteiger partial charge is 0.255 e. The van der Waals surface area contributed by atoms with Crippen molar-refractivity contribution in [3.63, 3.8) is 0 Å². The number of hydrogen-bond donors (Lipinski definition) is 0.